The van der Waals surface area contributed by atoms with Crippen LogP contribution in [0.15, 0.2) is 24.3 Å². The van der Waals surface area contributed by atoms with Crippen molar-refractivity contribution >= 4 is 32.9 Å². The predicted molar refractivity (Wildman–Crippen MR) is 92.9 cm³/mol. The molecule has 0 saturated carbocycles. The van der Waals surface area contributed by atoms with Crippen molar-refractivity contribution in [2.75, 3.05) is 7.11 Å². The van der Waals surface area contributed by atoms with Crippen LogP contribution in [-0.4, -0.2) is 7.11 Å². The Hall–Kier alpha value is -0.710. The third-order valence-electron chi connectivity index (χ3n) is 3.35. The largest absolute Gasteiger partial charge is 0.497 e. The third kappa shape index (κ3) is 3.90. The van der Waals surface area contributed by atoms with Gasteiger partial charge in [0.2, 0.25) is 0 Å². The van der Waals surface area contributed by atoms with E-state index in [2.05, 4.69) is 19.1 Å². The van der Waals surface area contributed by atoms with Crippen LogP contribution in [0, 0.1) is 3.82 Å². The van der Waals surface area contributed by atoms with Gasteiger partial charge in [-0.1, -0.05) is 59.1 Å². The Morgan fingerprint density at radius 2 is 1.80 bits per heavy atom. The summed E-state index contributed by atoms with van der Waals surface area (Å²) in [5.74, 6) is 0.900. The van der Waals surface area contributed by atoms with E-state index in [1.54, 1.807) is 27.8 Å². The Kier molecular flexibility index (Phi) is 6.20. The van der Waals surface area contributed by atoms with Gasteiger partial charge in [0, 0.05) is 0 Å². The number of hydrogen-bond acceptors (Lipinski definition) is 4. The Balaban J connectivity index is 2.16. The summed E-state index contributed by atoms with van der Waals surface area (Å²) in [6, 6.07) is 8.29. The van der Waals surface area contributed by atoms with E-state index in [-0.39, 0.29) is 0 Å². The highest BCUT2D eigenvalue weighted by atomic mass is 32.9. The molecule has 20 heavy (non-hydrogen) atoms. The van der Waals surface area contributed by atoms with Gasteiger partial charge in [-0.25, -0.2) is 0 Å². The predicted octanol–water partition coefficient (Wildman–Crippen LogP) is 6.34. The molecule has 0 N–H and O–H groups in total. The van der Waals surface area contributed by atoms with E-state index in [0.717, 1.165) is 16.0 Å². The fourth-order valence-electron chi connectivity index (χ4n) is 2.18. The van der Waals surface area contributed by atoms with Crippen LogP contribution in [0.5, 0.6) is 5.75 Å². The van der Waals surface area contributed by atoms with E-state index >= 15 is 0 Å². The second-order valence-electron chi connectivity index (χ2n) is 4.80. The lowest BCUT2D eigenvalue weighted by Gasteiger charge is -2.05. The Morgan fingerprint density at radius 1 is 1.05 bits per heavy atom. The lowest BCUT2D eigenvalue weighted by molar-refractivity contribution is 0.415. The molecule has 1 aromatic carbocycles. The maximum absolute atomic E-state index is 5.50. The topological polar surface area (TPSA) is 9.23 Å². The van der Waals surface area contributed by atoms with Crippen molar-refractivity contribution in [3.05, 3.63) is 33.7 Å². The summed E-state index contributed by atoms with van der Waals surface area (Å²) in [5, 5.41) is 0. The van der Waals surface area contributed by atoms with Crippen molar-refractivity contribution in [1.82, 2.24) is 0 Å². The highest BCUT2D eigenvalue weighted by Gasteiger charge is 2.10. The molecule has 0 fully saturated rings. The lowest BCUT2D eigenvalue weighted by atomic mass is 10.0. The molecule has 1 heterocycles. The summed E-state index contributed by atoms with van der Waals surface area (Å²) in [4.78, 5) is 1.35. The first-order valence-electron chi connectivity index (χ1n) is 7.02. The zero-order chi connectivity index (χ0) is 14.4. The number of ether oxygens (including phenoxy) is 1. The first kappa shape index (κ1) is 15.7. The molecule has 0 spiro atoms. The number of methoxy groups -OCH3 is 1. The number of benzene rings is 1. The highest BCUT2D eigenvalue weighted by molar-refractivity contribution is 7.80. The van der Waals surface area contributed by atoms with Crippen molar-refractivity contribution in [3.8, 4) is 16.2 Å². The van der Waals surface area contributed by atoms with Gasteiger partial charge in [-0.3, -0.25) is 0 Å². The molecule has 0 aliphatic carbocycles. The zero-order valence-corrected chi connectivity index (χ0v) is 14.4. The van der Waals surface area contributed by atoms with Crippen molar-refractivity contribution in [1.29, 1.82) is 0 Å². The second-order valence-corrected chi connectivity index (χ2v) is 7.62. The Bertz CT molecular complexity index is 581. The SMILES string of the molecule is CCCCCCc1c(-c2ccc(OC)cc2)ssc1=S. The van der Waals surface area contributed by atoms with Crippen LogP contribution in [-0.2, 0) is 6.42 Å². The highest BCUT2D eigenvalue weighted by Crippen LogP contribution is 2.36. The molecule has 0 aliphatic heterocycles. The molecular weight excluding hydrogens is 304 g/mol. The van der Waals surface area contributed by atoms with Gasteiger partial charge in [-0.05, 0) is 48.2 Å². The average molecular weight is 325 g/mol. The van der Waals surface area contributed by atoms with Gasteiger partial charge < -0.3 is 4.74 Å². The Morgan fingerprint density at radius 3 is 2.45 bits per heavy atom. The smallest absolute Gasteiger partial charge is 0.118 e. The van der Waals surface area contributed by atoms with Gasteiger partial charge in [-0.2, -0.15) is 0 Å². The minimum Gasteiger partial charge on any atom is -0.497 e. The molecule has 1 nitrogen and oxygen atoms in total. The first-order chi connectivity index (χ1) is 9.76. The summed E-state index contributed by atoms with van der Waals surface area (Å²) >= 11 is 5.50. The van der Waals surface area contributed by atoms with E-state index in [4.69, 9.17) is 17.0 Å². The number of unbranched alkanes of at least 4 members (excludes halogenated alkanes) is 3. The van der Waals surface area contributed by atoms with Crippen molar-refractivity contribution < 1.29 is 4.74 Å². The standard InChI is InChI=1S/C16H20OS3/c1-3-4-5-6-7-14-15(19-20-16(14)18)12-8-10-13(17-2)11-9-12/h8-11H,3-7H2,1-2H3. The van der Waals surface area contributed by atoms with Crippen LogP contribution >= 0.6 is 32.9 Å². The molecule has 0 aliphatic rings. The van der Waals surface area contributed by atoms with Gasteiger partial charge in [0.05, 0.1) is 12.0 Å². The molecule has 0 amide bonds. The molecule has 0 radical (unpaired) electrons. The van der Waals surface area contributed by atoms with E-state index in [1.165, 1.54) is 41.7 Å². The fourth-order valence-corrected chi connectivity index (χ4v) is 5.19. The monoisotopic (exact) mass is 324 g/mol. The van der Waals surface area contributed by atoms with Gasteiger partial charge in [-0.15, -0.1) is 0 Å². The van der Waals surface area contributed by atoms with Crippen LogP contribution in [0.2, 0.25) is 0 Å². The van der Waals surface area contributed by atoms with E-state index in [0.29, 0.717) is 0 Å². The fraction of sp³-hybridized carbons (Fsp3) is 0.438. The third-order valence-corrected chi connectivity index (χ3v) is 6.55. The Labute approximate surface area is 133 Å². The quantitative estimate of drug-likeness (QED) is 0.334. The van der Waals surface area contributed by atoms with Gasteiger partial charge in [0.15, 0.2) is 0 Å². The minimum absolute atomic E-state index is 0.900. The van der Waals surface area contributed by atoms with Gasteiger partial charge in [0.25, 0.3) is 0 Å². The second kappa shape index (κ2) is 7.91. The summed E-state index contributed by atoms with van der Waals surface area (Å²) in [7, 11) is 5.23. The first-order valence-corrected chi connectivity index (χ1v) is 9.58. The average Bonchev–Trinajstić information content (AvgIpc) is 2.85. The summed E-state index contributed by atoms with van der Waals surface area (Å²) < 4.78 is 6.28. The molecule has 108 valence electrons. The van der Waals surface area contributed by atoms with Crippen LogP contribution in [0.3, 0.4) is 0 Å². The number of hydrogen-bond donors (Lipinski definition) is 0. The van der Waals surface area contributed by atoms with E-state index in [1.807, 2.05) is 12.1 Å². The van der Waals surface area contributed by atoms with Crippen molar-refractivity contribution in [2.24, 2.45) is 0 Å². The summed E-state index contributed by atoms with van der Waals surface area (Å²) in [6.07, 6.45) is 6.24. The molecule has 0 bridgehead atoms. The zero-order valence-electron chi connectivity index (χ0n) is 12.0. The molecule has 4 heteroatoms. The number of rotatable bonds is 7. The van der Waals surface area contributed by atoms with Crippen molar-refractivity contribution in [3.63, 3.8) is 0 Å². The van der Waals surface area contributed by atoms with Gasteiger partial charge in [0.1, 0.15) is 9.57 Å². The van der Waals surface area contributed by atoms with Crippen LogP contribution in [0.4, 0.5) is 0 Å². The summed E-state index contributed by atoms with van der Waals surface area (Å²) in [6.45, 7) is 2.24. The molecule has 2 aromatic rings. The lowest BCUT2D eigenvalue weighted by Crippen LogP contribution is -1.88. The molecule has 0 atom stereocenters. The van der Waals surface area contributed by atoms with E-state index < -0.39 is 0 Å². The summed E-state index contributed by atoms with van der Waals surface area (Å²) in [5.41, 5.74) is 2.63. The molecule has 2 rings (SSSR count). The van der Waals surface area contributed by atoms with Crippen LogP contribution in [0.1, 0.15) is 38.2 Å². The van der Waals surface area contributed by atoms with Crippen LogP contribution in [0.25, 0.3) is 10.4 Å². The normalized spacial score (nSPS) is 10.7. The minimum atomic E-state index is 0.900. The maximum Gasteiger partial charge on any atom is 0.118 e. The molecule has 0 saturated heterocycles. The molecule has 1 aromatic heterocycles. The van der Waals surface area contributed by atoms with Gasteiger partial charge >= 0.3 is 0 Å². The molecular formula is C16H20OS3. The molecule has 0 unspecified atom stereocenters. The van der Waals surface area contributed by atoms with Crippen LogP contribution < -0.4 is 4.74 Å². The van der Waals surface area contributed by atoms with E-state index in [9.17, 15) is 0 Å². The van der Waals surface area contributed by atoms with Crippen molar-refractivity contribution in [2.45, 2.75) is 39.0 Å². The maximum atomic E-state index is 5.50.